The lowest BCUT2D eigenvalue weighted by Gasteiger charge is -2.10. The van der Waals surface area contributed by atoms with Crippen LogP contribution in [0, 0.1) is 0 Å². The van der Waals surface area contributed by atoms with Gasteiger partial charge in [0.25, 0.3) is 0 Å². The summed E-state index contributed by atoms with van der Waals surface area (Å²) in [5.74, 6) is 1.61. The van der Waals surface area contributed by atoms with Gasteiger partial charge in [0, 0.05) is 18.0 Å². The molecule has 0 fully saturated rings. The van der Waals surface area contributed by atoms with Gasteiger partial charge in [-0.05, 0) is 61.9 Å². The summed E-state index contributed by atoms with van der Waals surface area (Å²) >= 11 is 0. The number of rotatable bonds is 17. The Kier molecular flexibility index (Phi) is 12.9. The third kappa shape index (κ3) is 10.8. The standard InChI is InChI=1S/C27H42N2O2/c1-3-5-6-7-8-9-10-11-14-23-21-28-27(29-22-23)24-16-18-26(19-17-24)31-20-12-15-25(30)13-4-2/h16-19,21-22,25,30H,3-15,20H2,1-2H3. The van der Waals surface area contributed by atoms with Crippen LogP contribution in [0.1, 0.15) is 96.5 Å². The first-order chi connectivity index (χ1) is 15.2. The second kappa shape index (κ2) is 15.8. The molecule has 1 aromatic carbocycles. The predicted octanol–water partition coefficient (Wildman–Crippen LogP) is 7.15. The fourth-order valence-electron chi connectivity index (χ4n) is 3.78. The molecule has 4 nitrogen and oxygen atoms in total. The van der Waals surface area contributed by atoms with Gasteiger partial charge >= 0.3 is 0 Å². The largest absolute Gasteiger partial charge is 0.494 e. The fraction of sp³-hybridized carbons (Fsp3) is 0.630. The van der Waals surface area contributed by atoms with E-state index in [1.165, 1.54) is 56.9 Å². The predicted molar refractivity (Wildman–Crippen MR) is 129 cm³/mol. The van der Waals surface area contributed by atoms with Gasteiger partial charge < -0.3 is 9.84 Å². The average molecular weight is 427 g/mol. The highest BCUT2D eigenvalue weighted by Crippen LogP contribution is 2.20. The molecule has 31 heavy (non-hydrogen) atoms. The third-order valence-electron chi connectivity index (χ3n) is 5.71. The van der Waals surface area contributed by atoms with Crippen LogP contribution in [-0.4, -0.2) is 27.8 Å². The first-order valence-electron chi connectivity index (χ1n) is 12.4. The minimum atomic E-state index is -0.202. The van der Waals surface area contributed by atoms with Crippen molar-refractivity contribution in [2.75, 3.05) is 6.61 Å². The smallest absolute Gasteiger partial charge is 0.159 e. The summed E-state index contributed by atoms with van der Waals surface area (Å²) in [6.07, 6.45) is 19.1. The van der Waals surface area contributed by atoms with Crippen molar-refractivity contribution in [2.24, 2.45) is 0 Å². The molecule has 2 aromatic rings. The summed E-state index contributed by atoms with van der Waals surface area (Å²) in [4.78, 5) is 9.12. The van der Waals surface area contributed by atoms with Crippen molar-refractivity contribution in [3.63, 3.8) is 0 Å². The van der Waals surface area contributed by atoms with Crippen LogP contribution in [0.2, 0.25) is 0 Å². The first-order valence-corrected chi connectivity index (χ1v) is 12.4. The summed E-state index contributed by atoms with van der Waals surface area (Å²) in [6.45, 7) is 4.99. The van der Waals surface area contributed by atoms with E-state index in [9.17, 15) is 5.11 Å². The Balaban J connectivity index is 1.66. The minimum Gasteiger partial charge on any atom is -0.494 e. The number of aliphatic hydroxyl groups excluding tert-OH is 1. The molecule has 1 N–H and O–H groups in total. The highest BCUT2D eigenvalue weighted by Gasteiger charge is 2.05. The molecule has 4 heteroatoms. The van der Waals surface area contributed by atoms with Crippen LogP contribution in [0.25, 0.3) is 11.4 Å². The number of aryl methyl sites for hydroxylation is 1. The molecule has 0 spiro atoms. The molecule has 1 atom stereocenters. The van der Waals surface area contributed by atoms with E-state index in [4.69, 9.17) is 4.74 Å². The quantitative estimate of drug-likeness (QED) is 0.273. The molecule has 0 aliphatic rings. The van der Waals surface area contributed by atoms with Crippen molar-refractivity contribution >= 4 is 0 Å². The topological polar surface area (TPSA) is 55.2 Å². The van der Waals surface area contributed by atoms with Gasteiger partial charge in [0.1, 0.15) is 5.75 Å². The molecule has 0 aliphatic heterocycles. The monoisotopic (exact) mass is 426 g/mol. The SMILES string of the molecule is CCCCCCCCCCc1cnc(-c2ccc(OCCCC(O)CCC)cc2)nc1. The van der Waals surface area contributed by atoms with E-state index in [0.29, 0.717) is 6.61 Å². The van der Waals surface area contributed by atoms with Crippen LogP contribution >= 0.6 is 0 Å². The van der Waals surface area contributed by atoms with Gasteiger partial charge in [0.2, 0.25) is 0 Å². The van der Waals surface area contributed by atoms with Crippen LogP contribution in [0.3, 0.4) is 0 Å². The van der Waals surface area contributed by atoms with Crippen molar-refractivity contribution < 1.29 is 9.84 Å². The molecule has 1 heterocycles. The van der Waals surface area contributed by atoms with Crippen molar-refractivity contribution in [2.45, 2.75) is 103 Å². The first kappa shape index (κ1) is 25.3. The van der Waals surface area contributed by atoms with Crippen molar-refractivity contribution in [3.8, 4) is 17.1 Å². The minimum absolute atomic E-state index is 0.202. The molecule has 1 aromatic heterocycles. The second-order valence-electron chi connectivity index (χ2n) is 8.60. The van der Waals surface area contributed by atoms with Gasteiger partial charge in [-0.3, -0.25) is 0 Å². The molecule has 0 amide bonds. The number of aliphatic hydroxyl groups is 1. The van der Waals surface area contributed by atoms with Crippen LogP contribution < -0.4 is 4.74 Å². The summed E-state index contributed by atoms with van der Waals surface area (Å²) < 4.78 is 5.78. The highest BCUT2D eigenvalue weighted by molar-refractivity contribution is 5.55. The zero-order valence-corrected chi connectivity index (χ0v) is 19.7. The van der Waals surface area contributed by atoms with Gasteiger partial charge in [0.15, 0.2) is 5.82 Å². The summed E-state index contributed by atoms with van der Waals surface area (Å²) in [5, 5.41) is 9.77. The lowest BCUT2D eigenvalue weighted by Crippen LogP contribution is -2.08. The van der Waals surface area contributed by atoms with Crippen molar-refractivity contribution in [1.82, 2.24) is 9.97 Å². The van der Waals surface area contributed by atoms with Gasteiger partial charge in [-0.1, -0.05) is 65.2 Å². The number of hydrogen-bond donors (Lipinski definition) is 1. The van der Waals surface area contributed by atoms with E-state index < -0.39 is 0 Å². The maximum atomic E-state index is 9.77. The molecule has 172 valence electrons. The van der Waals surface area contributed by atoms with E-state index in [1.54, 1.807) is 0 Å². The normalized spacial score (nSPS) is 12.1. The second-order valence-corrected chi connectivity index (χ2v) is 8.60. The Bertz CT molecular complexity index is 685. The molecule has 0 saturated carbocycles. The Labute approximate surface area is 189 Å². The number of unbranched alkanes of at least 4 members (excludes halogenated alkanes) is 7. The highest BCUT2D eigenvalue weighted by atomic mass is 16.5. The Morgan fingerprint density at radius 2 is 1.42 bits per heavy atom. The summed E-state index contributed by atoms with van der Waals surface area (Å²) in [6, 6.07) is 7.95. The zero-order chi connectivity index (χ0) is 22.2. The summed E-state index contributed by atoms with van der Waals surface area (Å²) in [7, 11) is 0. The maximum absolute atomic E-state index is 9.77. The zero-order valence-electron chi connectivity index (χ0n) is 19.7. The molecule has 0 saturated heterocycles. The summed E-state index contributed by atoms with van der Waals surface area (Å²) in [5.41, 5.74) is 2.23. The lowest BCUT2D eigenvalue weighted by atomic mass is 10.1. The van der Waals surface area contributed by atoms with E-state index >= 15 is 0 Å². The van der Waals surface area contributed by atoms with Gasteiger partial charge in [-0.2, -0.15) is 0 Å². The van der Waals surface area contributed by atoms with E-state index in [1.807, 2.05) is 36.7 Å². The molecule has 0 bridgehead atoms. The molecular formula is C27H42N2O2. The van der Waals surface area contributed by atoms with Crippen LogP contribution in [0.4, 0.5) is 0 Å². The number of ether oxygens (including phenoxy) is 1. The molecule has 2 rings (SSSR count). The van der Waals surface area contributed by atoms with Crippen LogP contribution in [0.15, 0.2) is 36.7 Å². The molecule has 0 aliphatic carbocycles. The van der Waals surface area contributed by atoms with E-state index in [2.05, 4.69) is 23.8 Å². The number of aromatic nitrogens is 2. The van der Waals surface area contributed by atoms with Gasteiger partial charge in [0.05, 0.1) is 12.7 Å². The number of nitrogens with zero attached hydrogens (tertiary/aromatic N) is 2. The Morgan fingerprint density at radius 1 is 0.774 bits per heavy atom. The molecule has 0 radical (unpaired) electrons. The maximum Gasteiger partial charge on any atom is 0.159 e. The number of benzene rings is 1. The fourth-order valence-corrected chi connectivity index (χ4v) is 3.78. The van der Waals surface area contributed by atoms with Crippen molar-refractivity contribution in [1.29, 1.82) is 0 Å². The van der Waals surface area contributed by atoms with E-state index in [-0.39, 0.29) is 6.10 Å². The Morgan fingerprint density at radius 3 is 2.06 bits per heavy atom. The Hall–Kier alpha value is -1.94. The molecular weight excluding hydrogens is 384 g/mol. The third-order valence-corrected chi connectivity index (χ3v) is 5.71. The van der Waals surface area contributed by atoms with Crippen LogP contribution in [0.5, 0.6) is 5.75 Å². The average Bonchev–Trinajstić information content (AvgIpc) is 2.79. The van der Waals surface area contributed by atoms with Gasteiger partial charge in [-0.25, -0.2) is 9.97 Å². The molecule has 1 unspecified atom stereocenters. The number of hydrogen-bond acceptors (Lipinski definition) is 4. The van der Waals surface area contributed by atoms with Crippen LogP contribution in [-0.2, 0) is 6.42 Å². The van der Waals surface area contributed by atoms with Gasteiger partial charge in [-0.15, -0.1) is 0 Å². The van der Waals surface area contributed by atoms with Crippen molar-refractivity contribution in [3.05, 3.63) is 42.2 Å². The van der Waals surface area contributed by atoms with E-state index in [0.717, 1.165) is 49.2 Å². The lowest BCUT2D eigenvalue weighted by molar-refractivity contribution is 0.142.